The summed E-state index contributed by atoms with van der Waals surface area (Å²) in [5, 5.41) is 11.2. The maximum atomic E-state index is 10.9. The zero-order valence-corrected chi connectivity index (χ0v) is 11.4. The first-order valence-corrected chi connectivity index (χ1v) is 6.41. The molecule has 2 aromatic carbocycles. The maximum Gasteiger partial charge on any atom is 0.288 e. The predicted octanol–water partition coefficient (Wildman–Crippen LogP) is 4.44. The van der Waals surface area contributed by atoms with Gasteiger partial charge >= 0.3 is 0 Å². The lowest BCUT2D eigenvalue weighted by Gasteiger charge is -2.04. The van der Waals surface area contributed by atoms with Crippen LogP contribution in [0.25, 0.3) is 22.4 Å². The number of H-pyrrole nitrogens is 1. The number of nitrogens with one attached hydrogen (secondary N) is 1. The van der Waals surface area contributed by atoms with Crippen LogP contribution in [0, 0.1) is 10.1 Å². The molecule has 0 radical (unpaired) electrons. The zero-order valence-electron chi connectivity index (χ0n) is 9.93. The van der Waals surface area contributed by atoms with E-state index in [9.17, 15) is 10.1 Å². The number of imidazole rings is 1. The first kappa shape index (κ1) is 12.9. The summed E-state index contributed by atoms with van der Waals surface area (Å²) in [6.45, 7) is 0. The van der Waals surface area contributed by atoms with Crippen LogP contribution in [0.1, 0.15) is 0 Å². The molecule has 0 unspecified atom stereocenters. The molecule has 0 spiro atoms. The van der Waals surface area contributed by atoms with Crippen LogP contribution in [0.15, 0.2) is 36.4 Å². The fraction of sp³-hybridized carbons (Fsp3) is 0. The lowest BCUT2D eigenvalue weighted by Crippen LogP contribution is -1.92. The molecule has 3 rings (SSSR count). The molecule has 0 aliphatic carbocycles. The summed E-state index contributed by atoms with van der Waals surface area (Å²) in [7, 11) is 0. The van der Waals surface area contributed by atoms with Crippen molar-refractivity contribution in [3.05, 3.63) is 56.6 Å². The van der Waals surface area contributed by atoms with E-state index in [4.69, 9.17) is 23.2 Å². The van der Waals surface area contributed by atoms with Gasteiger partial charge in [-0.1, -0.05) is 35.3 Å². The van der Waals surface area contributed by atoms with E-state index in [1.54, 1.807) is 0 Å². The molecular weight excluding hydrogens is 301 g/mol. The topological polar surface area (TPSA) is 71.8 Å². The Labute approximate surface area is 123 Å². The molecule has 7 heteroatoms. The molecule has 0 amide bonds. The molecule has 0 bridgehead atoms. The van der Waals surface area contributed by atoms with Gasteiger partial charge < -0.3 is 4.98 Å². The summed E-state index contributed by atoms with van der Waals surface area (Å²) in [5.74, 6) is 0.407. The number of fused-ring (bicyclic) bond motifs is 1. The number of aromatic nitrogens is 2. The molecule has 0 saturated heterocycles. The van der Waals surface area contributed by atoms with Crippen LogP contribution in [-0.4, -0.2) is 14.9 Å². The van der Waals surface area contributed by atoms with Gasteiger partial charge in [0.2, 0.25) is 0 Å². The van der Waals surface area contributed by atoms with E-state index in [0.717, 1.165) is 11.0 Å². The summed E-state index contributed by atoms with van der Waals surface area (Å²) in [5.41, 5.74) is 1.67. The average Bonchev–Trinajstić information content (AvgIpc) is 2.81. The van der Waals surface area contributed by atoms with Gasteiger partial charge in [0.05, 0.1) is 26.5 Å². The lowest BCUT2D eigenvalue weighted by atomic mass is 10.2. The summed E-state index contributed by atoms with van der Waals surface area (Å²) in [6, 6.07) is 10.1. The van der Waals surface area contributed by atoms with Crippen LogP contribution >= 0.6 is 23.2 Å². The van der Waals surface area contributed by atoms with Gasteiger partial charge in [-0.3, -0.25) is 10.1 Å². The lowest BCUT2D eigenvalue weighted by molar-refractivity contribution is -0.384. The number of nitro benzene ring substituents is 1. The maximum absolute atomic E-state index is 10.9. The van der Waals surface area contributed by atoms with E-state index in [0.29, 0.717) is 16.4 Å². The van der Waals surface area contributed by atoms with Crippen LogP contribution in [0.2, 0.25) is 10.0 Å². The minimum Gasteiger partial charge on any atom is -0.338 e. The van der Waals surface area contributed by atoms with Crippen molar-refractivity contribution in [2.45, 2.75) is 0 Å². The Morgan fingerprint density at radius 1 is 1.15 bits per heavy atom. The van der Waals surface area contributed by atoms with Gasteiger partial charge in [0.25, 0.3) is 5.69 Å². The van der Waals surface area contributed by atoms with Crippen molar-refractivity contribution in [1.82, 2.24) is 9.97 Å². The minimum atomic E-state index is -0.551. The van der Waals surface area contributed by atoms with E-state index >= 15 is 0 Å². The van der Waals surface area contributed by atoms with Crippen LogP contribution in [0.3, 0.4) is 0 Å². The molecule has 20 heavy (non-hydrogen) atoms. The number of aromatic amines is 1. The number of benzene rings is 2. The van der Waals surface area contributed by atoms with Crippen molar-refractivity contribution < 1.29 is 4.92 Å². The number of halogens is 2. The molecule has 0 saturated carbocycles. The molecular formula is C13H7Cl2N3O2. The molecule has 0 fully saturated rings. The van der Waals surface area contributed by atoms with Gasteiger partial charge in [0.15, 0.2) is 0 Å². The minimum absolute atomic E-state index is 0.0263. The second-order valence-corrected chi connectivity index (χ2v) is 4.90. The quantitative estimate of drug-likeness (QED) is 0.561. The van der Waals surface area contributed by atoms with Crippen LogP contribution < -0.4 is 0 Å². The van der Waals surface area contributed by atoms with E-state index in [-0.39, 0.29) is 10.7 Å². The normalized spacial score (nSPS) is 10.9. The zero-order chi connectivity index (χ0) is 14.3. The Kier molecular flexibility index (Phi) is 3.08. The third kappa shape index (κ3) is 2.01. The second kappa shape index (κ2) is 4.77. The van der Waals surface area contributed by atoms with Gasteiger partial charge in [-0.15, -0.1) is 0 Å². The van der Waals surface area contributed by atoms with Crippen LogP contribution in [-0.2, 0) is 0 Å². The number of para-hydroxylation sites is 2. The van der Waals surface area contributed by atoms with E-state index in [1.165, 1.54) is 12.1 Å². The molecule has 0 aliphatic heterocycles. The molecule has 100 valence electrons. The molecule has 1 aromatic heterocycles. The number of hydrogen-bond acceptors (Lipinski definition) is 3. The van der Waals surface area contributed by atoms with E-state index in [2.05, 4.69) is 9.97 Å². The Morgan fingerprint density at radius 3 is 2.60 bits per heavy atom. The van der Waals surface area contributed by atoms with Gasteiger partial charge in [-0.25, -0.2) is 4.98 Å². The van der Waals surface area contributed by atoms with Gasteiger partial charge in [0.1, 0.15) is 10.8 Å². The fourth-order valence-electron chi connectivity index (χ4n) is 1.97. The number of nitro groups is 1. The summed E-state index contributed by atoms with van der Waals surface area (Å²) >= 11 is 12.2. The summed E-state index contributed by atoms with van der Waals surface area (Å²) < 4.78 is 0. The van der Waals surface area contributed by atoms with E-state index in [1.807, 2.05) is 24.3 Å². The van der Waals surface area contributed by atoms with Gasteiger partial charge in [0, 0.05) is 6.07 Å². The molecule has 1 N–H and O–H groups in total. The molecule has 1 heterocycles. The highest BCUT2D eigenvalue weighted by molar-refractivity contribution is 6.40. The second-order valence-electron chi connectivity index (χ2n) is 4.12. The van der Waals surface area contributed by atoms with Crippen molar-refractivity contribution in [3.8, 4) is 11.4 Å². The Morgan fingerprint density at radius 2 is 1.90 bits per heavy atom. The fourth-order valence-corrected chi connectivity index (χ4v) is 2.59. The first-order chi connectivity index (χ1) is 9.58. The largest absolute Gasteiger partial charge is 0.338 e. The SMILES string of the molecule is O=[N+]([O-])c1ccc(Cl)c(-c2nc3ccccc3[nH]2)c1Cl. The Hall–Kier alpha value is -2.11. The van der Waals surface area contributed by atoms with Crippen molar-refractivity contribution in [3.63, 3.8) is 0 Å². The summed E-state index contributed by atoms with van der Waals surface area (Å²) in [4.78, 5) is 17.8. The van der Waals surface area contributed by atoms with Gasteiger partial charge in [-0.2, -0.15) is 0 Å². The van der Waals surface area contributed by atoms with Crippen LogP contribution in [0.5, 0.6) is 0 Å². The molecule has 0 aliphatic rings. The standard InChI is InChI=1S/C13H7Cl2N3O2/c14-7-5-6-10(18(19)20)12(15)11(7)13-16-8-3-1-2-4-9(8)17-13/h1-6H,(H,16,17). The number of hydrogen-bond donors (Lipinski definition) is 1. The predicted molar refractivity (Wildman–Crippen MR) is 78.2 cm³/mol. The Bertz CT molecular complexity index is 797. The summed E-state index contributed by atoms with van der Waals surface area (Å²) in [6.07, 6.45) is 0. The monoisotopic (exact) mass is 307 g/mol. The van der Waals surface area contributed by atoms with Crippen molar-refractivity contribution >= 4 is 39.9 Å². The smallest absolute Gasteiger partial charge is 0.288 e. The highest BCUT2D eigenvalue weighted by atomic mass is 35.5. The molecule has 3 aromatic rings. The molecule has 5 nitrogen and oxygen atoms in total. The Balaban J connectivity index is 2.28. The average molecular weight is 308 g/mol. The third-order valence-corrected chi connectivity index (χ3v) is 3.59. The van der Waals surface area contributed by atoms with Crippen LogP contribution in [0.4, 0.5) is 5.69 Å². The number of rotatable bonds is 2. The van der Waals surface area contributed by atoms with Gasteiger partial charge in [-0.05, 0) is 18.2 Å². The number of nitrogens with zero attached hydrogens (tertiary/aromatic N) is 2. The highest BCUT2D eigenvalue weighted by Gasteiger charge is 2.21. The third-order valence-electron chi connectivity index (χ3n) is 2.89. The van der Waals surface area contributed by atoms with E-state index < -0.39 is 4.92 Å². The highest BCUT2D eigenvalue weighted by Crippen LogP contribution is 2.39. The van der Waals surface area contributed by atoms with Crippen molar-refractivity contribution in [2.24, 2.45) is 0 Å². The molecule has 0 atom stereocenters. The van der Waals surface area contributed by atoms with Crippen molar-refractivity contribution in [1.29, 1.82) is 0 Å². The van der Waals surface area contributed by atoms with Crippen molar-refractivity contribution in [2.75, 3.05) is 0 Å². The first-order valence-electron chi connectivity index (χ1n) is 5.65.